The van der Waals surface area contributed by atoms with Gasteiger partial charge in [0.05, 0.1) is 11.1 Å². The predicted octanol–water partition coefficient (Wildman–Crippen LogP) is 2.78. The first kappa shape index (κ1) is 16.2. The molecule has 6 nitrogen and oxygen atoms in total. The fourth-order valence-corrected chi connectivity index (χ4v) is 2.39. The summed E-state index contributed by atoms with van der Waals surface area (Å²) in [5.41, 5.74) is 0.700. The number of benzene rings is 1. The predicted molar refractivity (Wildman–Crippen MR) is 86.4 cm³/mol. The second-order valence-electron chi connectivity index (χ2n) is 5.14. The summed E-state index contributed by atoms with van der Waals surface area (Å²) in [6, 6.07) is 9.10. The Kier molecular flexibility index (Phi) is 4.61. The van der Waals surface area contributed by atoms with E-state index in [9.17, 15) is 9.18 Å². The molecule has 0 spiro atoms. The minimum absolute atomic E-state index is 0.0591. The van der Waals surface area contributed by atoms with Crippen molar-refractivity contribution in [3.63, 3.8) is 0 Å². The number of nitrogens with zero attached hydrogens (tertiary/aromatic N) is 3. The molecule has 0 aliphatic carbocycles. The van der Waals surface area contributed by atoms with E-state index in [1.54, 1.807) is 11.3 Å². The van der Waals surface area contributed by atoms with Gasteiger partial charge < -0.3 is 10.1 Å². The number of pyridine rings is 1. The summed E-state index contributed by atoms with van der Waals surface area (Å²) in [7, 11) is 0. The number of nitrogens with one attached hydrogen (secondary N) is 1. The van der Waals surface area contributed by atoms with Gasteiger partial charge in [-0.1, -0.05) is 17.7 Å². The van der Waals surface area contributed by atoms with E-state index in [0.717, 1.165) is 0 Å². The molecule has 0 radical (unpaired) electrons. The summed E-state index contributed by atoms with van der Waals surface area (Å²) in [6.45, 7) is 1.58. The molecule has 0 saturated heterocycles. The fourth-order valence-electron chi connectivity index (χ4n) is 2.22. The first-order valence-corrected chi connectivity index (χ1v) is 7.59. The lowest BCUT2D eigenvalue weighted by Gasteiger charge is -2.13. The topological polar surface area (TPSA) is 68.5 Å². The minimum atomic E-state index is -0.541. The number of halogens is 2. The normalized spacial score (nSPS) is 12.1. The Balaban J connectivity index is 1.61. The Morgan fingerprint density at radius 2 is 2.21 bits per heavy atom. The van der Waals surface area contributed by atoms with E-state index in [2.05, 4.69) is 15.5 Å². The molecule has 0 aliphatic heterocycles. The van der Waals surface area contributed by atoms with Crippen molar-refractivity contribution in [2.75, 3.05) is 6.61 Å². The van der Waals surface area contributed by atoms with Gasteiger partial charge in [-0.05, 0) is 31.2 Å². The van der Waals surface area contributed by atoms with Crippen LogP contribution in [0.1, 0.15) is 18.8 Å². The highest BCUT2D eigenvalue weighted by molar-refractivity contribution is 6.30. The molecule has 0 aliphatic rings. The molecule has 2 heterocycles. The van der Waals surface area contributed by atoms with Gasteiger partial charge in [0.1, 0.15) is 11.6 Å². The second-order valence-corrected chi connectivity index (χ2v) is 5.55. The van der Waals surface area contributed by atoms with E-state index >= 15 is 0 Å². The number of aromatic nitrogens is 3. The summed E-state index contributed by atoms with van der Waals surface area (Å²) >= 11 is 5.66. The Morgan fingerprint density at radius 1 is 1.38 bits per heavy atom. The van der Waals surface area contributed by atoms with Gasteiger partial charge in [-0.2, -0.15) is 0 Å². The molecule has 1 N–H and O–H groups in total. The number of amides is 1. The van der Waals surface area contributed by atoms with Crippen molar-refractivity contribution in [2.24, 2.45) is 0 Å². The van der Waals surface area contributed by atoms with Gasteiger partial charge in [0, 0.05) is 12.3 Å². The Labute approximate surface area is 142 Å². The summed E-state index contributed by atoms with van der Waals surface area (Å²) < 4.78 is 20.2. The monoisotopic (exact) mass is 348 g/mol. The molecule has 124 valence electrons. The van der Waals surface area contributed by atoms with E-state index in [0.29, 0.717) is 17.2 Å². The third kappa shape index (κ3) is 3.46. The number of hydrogen-bond acceptors (Lipinski definition) is 4. The molecule has 0 fully saturated rings. The van der Waals surface area contributed by atoms with Gasteiger partial charge in [-0.15, -0.1) is 10.2 Å². The molecule has 3 rings (SSSR count). The Hall–Kier alpha value is -2.67. The maximum absolute atomic E-state index is 13.1. The molecule has 1 unspecified atom stereocenters. The summed E-state index contributed by atoms with van der Waals surface area (Å²) in [5, 5.41) is 10.8. The van der Waals surface area contributed by atoms with Gasteiger partial charge in [0.25, 0.3) is 5.91 Å². The van der Waals surface area contributed by atoms with Crippen molar-refractivity contribution in [3.05, 3.63) is 59.3 Å². The molecule has 8 heteroatoms. The molecule has 0 saturated carbocycles. The molecular formula is C16H14ClFN4O2. The molecule has 1 atom stereocenters. The van der Waals surface area contributed by atoms with Crippen LogP contribution in [0.15, 0.2) is 42.6 Å². The maximum Gasteiger partial charge on any atom is 0.258 e. The lowest BCUT2D eigenvalue weighted by Crippen LogP contribution is -2.32. The van der Waals surface area contributed by atoms with Crippen molar-refractivity contribution >= 4 is 23.2 Å². The lowest BCUT2D eigenvalue weighted by molar-refractivity contribution is -0.123. The highest BCUT2D eigenvalue weighted by Crippen LogP contribution is 2.21. The third-order valence-corrected chi connectivity index (χ3v) is 3.66. The van der Waals surface area contributed by atoms with Crippen LogP contribution in [-0.4, -0.2) is 27.1 Å². The number of ether oxygens (including phenoxy) is 1. The second kappa shape index (κ2) is 6.84. The summed E-state index contributed by atoms with van der Waals surface area (Å²) in [6.07, 6.45) is 1.82. The zero-order valence-electron chi connectivity index (χ0n) is 12.7. The van der Waals surface area contributed by atoms with Crippen LogP contribution >= 0.6 is 11.6 Å². The smallest absolute Gasteiger partial charge is 0.258 e. The van der Waals surface area contributed by atoms with Gasteiger partial charge in [0.2, 0.25) is 0 Å². The molecular weight excluding hydrogens is 335 g/mol. The average Bonchev–Trinajstić information content (AvgIpc) is 3.00. The van der Waals surface area contributed by atoms with E-state index in [1.165, 1.54) is 18.2 Å². The quantitative estimate of drug-likeness (QED) is 0.769. The Morgan fingerprint density at radius 3 is 3.00 bits per heavy atom. The number of hydrogen-bond donors (Lipinski definition) is 1. The lowest BCUT2D eigenvalue weighted by atomic mass is 10.3. The largest absolute Gasteiger partial charge is 0.484 e. The molecule has 3 aromatic rings. The summed E-state index contributed by atoms with van der Waals surface area (Å²) in [5.74, 6) is 0.0531. The third-order valence-electron chi connectivity index (χ3n) is 3.37. The average molecular weight is 349 g/mol. The van der Waals surface area contributed by atoms with Crippen LogP contribution in [0.2, 0.25) is 5.02 Å². The van der Waals surface area contributed by atoms with Crippen molar-refractivity contribution < 1.29 is 13.9 Å². The number of rotatable bonds is 5. The molecule has 1 amide bonds. The van der Waals surface area contributed by atoms with Crippen LogP contribution in [0.5, 0.6) is 5.75 Å². The van der Waals surface area contributed by atoms with E-state index in [4.69, 9.17) is 16.3 Å². The number of carbonyl (C=O) groups excluding carboxylic acids is 1. The fraction of sp³-hybridized carbons (Fsp3) is 0.188. The van der Waals surface area contributed by atoms with Crippen LogP contribution in [0.4, 0.5) is 4.39 Å². The van der Waals surface area contributed by atoms with E-state index in [1.807, 2.05) is 24.4 Å². The highest BCUT2D eigenvalue weighted by atomic mass is 35.5. The van der Waals surface area contributed by atoms with Crippen molar-refractivity contribution in [3.8, 4) is 5.75 Å². The molecule has 1 aromatic carbocycles. The molecule has 0 bridgehead atoms. The van der Waals surface area contributed by atoms with Crippen LogP contribution in [0.25, 0.3) is 5.65 Å². The zero-order chi connectivity index (χ0) is 17.1. The van der Waals surface area contributed by atoms with Crippen LogP contribution in [-0.2, 0) is 4.79 Å². The van der Waals surface area contributed by atoms with Crippen molar-refractivity contribution in [1.29, 1.82) is 0 Å². The number of carbonyl (C=O) groups is 1. The van der Waals surface area contributed by atoms with Gasteiger partial charge in [0.15, 0.2) is 18.1 Å². The SMILES string of the molecule is CC(NC(=O)COc1ccc(F)c(Cl)c1)c1nnc2ccccn12. The first-order chi connectivity index (χ1) is 11.5. The van der Waals surface area contributed by atoms with Gasteiger partial charge in [-0.3, -0.25) is 9.20 Å². The highest BCUT2D eigenvalue weighted by Gasteiger charge is 2.16. The van der Waals surface area contributed by atoms with Crippen LogP contribution < -0.4 is 10.1 Å². The zero-order valence-corrected chi connectivity index (χ0v) is 13.5. The van der Waals surface area contributed by atoms with Gasteiger partial charge in [-0.25, -0.2) is 4.39 Å². The molecule has 24 heavy (non-hydrogen) atoms. The summed E-state index contributed by atoms with van der Waals surface area (Å²) in [4.78, 5) is 12.0. The Bertz CT molecular complexity index is 883. The molecule has 2 aromatic heterocycles. The standard InChI is InChI=1S/C16H14ClFN4O2/c1-10(16-21-20-14-4-2-3-7-22(14)16)19-15(23)9-24-11-5-6-13(18)12(17)8-11/h2-8,10H,9H2,1H3,(H,19,23). The van der Waals surface area contributed by atoms with Crippen LogP contribution in [0, 0.1) is 5.82 Å². The number of fused-ring (bicyclic) bond motifs is 1. The first-order valence-electron chi connectivity index (χ1n) is 7.21. The van der Waals surface area contributed by atoms with E-state index < -0.39 is 5.82 Å². The van der Waals surface area contributed by atoms with Crippen molar-refractivity contribution in [1.82, 2.24) is 19.9 Å². The van der Waals surface area contributed by atoms with E-state index in [-0.39, 0.29) is 23.6 Å². The van der Waals surface area contributed by atoms with Crippen LogP contribution in [0.3, 0.4) is 0 Å². The minimum Gasteiger partial charge on any atom is -0.484 e. The maximum atomic E-state index is 13.1. The van der Waals surface area contributed by atoms with Gasteiger partial charge >= 0.3 is 0 Å². The van der Waals surface area contributed by atoms with Crippen molar-refractivity contribution in [2.45, 2.75) is 13.0 Å².